The van der Waals surface area contributed by atoms with E-state index in [2.05, 4.69) is 5.32 Å². The van der Waals surface area contributed by atoms with Crippen LogP contribution < -0.4 is 5.32 Å². The molecular weight excluding hydrogens is 106 g/mol. The standard InChI is InChI=1S/C5H5NO2/c7-3-4-1-5(8)6-2-4/h1,3H,2H2,(H,6,8). The highest BCUT2D eigenvalue weighted by molar-refractivity contribution is 5.97. The van der Waals surface area contributed by atoms with Gasteiger partial charge in [-0.2, -0.15) is 0 Å². The number of rotatable bonds is 1. The first-order chi connectivity index (χ1) is 3.83. The molecule has 0 aliphatic carbocycles. The lowest BCUT2D eigenvalue weighted by Crippen LogP contribution is -2.14. The summed E-state index contributed by atoms with van der Waals surface area (Å²) in [6.07, 6.45) is 1.98. The number of hydrogen-bond donors (Lipinski definition) is 1. The minimum atomic E-state index is -0.174. The van der Waals surface area contributed by atoms with Gasteiger partial charge in [0.15, 0.2) is 0 Å². The van der Waals surface area contributed by atoms with E-state index in [9.17, 15) is 9.59 Å². The Hall–Kier alpha value is -1.12. The maximum Gasteiger partial charge on any atom is 0.244 e. The van der Waals surface area contributed by atoms with Crippen molar-refractivity contribution in [3.63, 3.8) is 0 Å². The molecule has 1 aliphatic heterocycles. The molecule has 0 aromatic carbocycles. The molecule has 0 spiro atoms. The summed E-state index contributed by atoms with van der Waals surface area (Å²) in [6, 6.07) is 0. The Labute approximate surface area is 46.4 Å². The Morgan fingerprint density at radius 3 is 2.75 bits per heavy atom. The Morgan fingerprint density at radius 1 is 1.75 bits per heavy atom. The van der Waals surface area contributed by atoms with Gasteiger partial charge in [-0.25, -0.2) is 0 Å². The molecule has 0 unspecified atom stereocenters. The second-order valence-electron chi connectivity index (χ2n) is 1.55. The highest BCUT2D eigenvalue weighted by atomic mass is 16.2. The molecule has 1 N–H and O–H groups in total. The van der Waals surface area contributed by atoms with Crippen LogP contribution >= 0.6 is 0 Å². The first-order valence-electron chi connectivity index (χ1n) is 2.26. The van der Waals surface area contributed by atoms with Crippen molar-refractivity contribution in [2.45, 2.75) is 0 Å². The van der Waals surface area contributed by atoms with Gasteiger partial charge >= 0.3 is 0 Å². The molecule has 3 nitrogen and oxygen atoms in total. The summed E-state index contributed by atoms with van der Waals surface area (Å²) in [5.41, 5.74) is 0.523. The van der Waals surface area contributed by atoms with Crippen LogP contribution in [0.3, 0.4) is 0 Å². The minimum Gasteiger partial charge on any atom is -0.348 e. The van der Waals surface area contributed by atoms with E-state index in [-0.39, 0.29) is 5.91 Å². The van der Waals surface area contributed by atoms with Gasteiger partial charge in [-0.3, -0.25) is 9.59 Å². The minimum absolute atomic E-state index is 0.174. The van der Waals surface area contributed by atoms with Crippen molar-refractivity contribution in [3.8, 4) is 0 Å². The topological polar surface area (TPSA) is 46.2 Å². The van der Waals surface area contributed by atoms with E-state index < -0.39 is 0 Å². The smallest absolute Gasteiger partial charge is 0.244 e. The van der Waals surface area contributed by atoms with Crippen molar-refractivity contribution in [1.82, 2.24) is 5.32 Å². The first-order valence-corrected chi connectivity index (χ1v) is 2.26. The van der Waals surface area contributed by atoms with Gasteiger partial charge in [0.25, 0.3) is 0 Å². The highest BCUT2D eigenvalue weighted by Crippen LogP contribution is 1.93. The van der Waals surface area contributed by atoms with Gasteiger partial charge in [0.2, 0.25) is 5.91 Å². The largest absolute Gasteiger partial charge is 0.348 e. The molecular formula is C5H5NO2. The molecule has 1 amide bonds. The Bertz CT molecular complexity index is 160. The molecule has 8 heavy (non-hydrogen) atoms. The number of amides is 1. The second kappa shape index (κ2) is 1.78. The van der Waals surface area contributed by atoms with Crippen LogP contribution in [0.25, 0.3) is 0 Å². The Kier molecular flexibility index (Phi) is 1.12. The SMILES string of the molecule is O=CC1=CC(=O)NC1. The van der Waals surface area contributed by atoms with Crippen molar-refractivity contribution < 1.29 is 9.59 Å². The van der Waals surface area contributed by atoms with Gasteiger partial charge in [-0.1, -0.05) is 0 Å². The van der Waals surface area contributed by atoms with E-state index in [4.69, 9.17) is 0 Å². The molecule has 0 atom stereocenters. The molecule has 0 bridgehead atoms. The van der Waals surface area contributed by atoms with Gasteiger partial charge < -0.3 is 5.32 Å². The molecule has 0 saturated heterocycles. The summed E-state index contributed by atoms with van der Waals surface area (Å²) < 4.78 is 0. The van der Waals surface area contributed by atoms with Gasteiger partial charge in [-0.05, 0) is 0 Å². The van der Waals surface area contributed by atoms with Crippen molar-refractivity contribution in [1.29, 1.82) is 0 Å². The zero-order valence-electron chi connectivity index (χ0n) is 4.18. The summed E-state index contributed by atoms with van der Waals surface area (Å²) in [4.78, 5) is 20.2. The van der Waals surface area contributed by atoms with Crippen LogP contribution in [0.2, 0.25) is 0 Å². The van der Waals surface area contributed by atoms with Crippen LogP contribution in [0.15, 0.2) is 11.6 Å². The molecule has 0 fully saturated rings. The summed E-state index contributed by atoms with van der Waals surface area (Å²) in [6.45, 7) is 0.391. The van der Waals surface area contributed by atoms with Crippen LogP contribution in [0.4, 0.5) is 0 Å². The average Bonchev–Trinajstić information content (AvgIpc) is 2.14. The molecule has 1 heterocycles. The molecule has 0 radical (unpaired) electrons. The number of carbonyl (C=O) groups excluding carboxylic acids is 2. The number of carbonyl (C=O) groups is 2. The van der Waals surface area contributed by atoms with Crippen molar-refractivity contribution in [3.05, 3.63) is 11.6 Å². The first kappa shape index (κ1) is 5.03. The fraction of sp³-hybridized carbons (Fsp3) is 0.200. The lowest BCUT2D eigenvalue weighted by atomic mass is 10.3. The fourth-order valence-corrected chi connectivity index (χ4v) is 0.535. The third-order valence-electron chi connectivity index (χ3n) is 0.935. The summed E-state index contributed by atoms with van der Waals surface area (Å²) in [5, 5.41) is 2.46. The Balaban J connectivity index is 2.70. The molecule has 1 aliphatic rings. The van der Waals surface area contributed by atoms with Crippen molar-refractivity contribution in [2.24, 2.45) is 0 Å². The van der Waals surface area contributed by atoms with Crippen LogP contribution in [-0.2, 0) is 9.59 Å². The molecule has 0 aromatic heterocycles. The molecule has 0 aromatic rings. The lowest BCUT2D eigenvalue weighted by Gasteiger charge is -1.84. The van der Waals surface area contributed by atoms with Gasteiger partial charge in [0.05, 0.1) is 0 Å². The zero-order valence-corrected chi connectivity index (χ0v) is 4.18. The van der Waals surface area contributed by atoms with Crippen molar-refractivity contribution in [2.75, 3.05) is 6.54 Å². The zero-order chi connectivity index (χ0) is 5.98. The second-order valence-corrected chi connectivity index (χ2v) is 1.55. The summed E-state index contributed by atoms with van der Waals surface area (Å²) in [7, 11) is 0. The predicted molar refractivity (Wildman–Crippen MR) is 27.2 cm³/mol. The van der Waals surface area contributed by atoms with E-state index in [0.717, 1.165) is 0 Å². The summed E-state index contributed by atoms with van der Waals surface area (Å²) in [5.74, 6) is -0.174. The lowest BCUT2D eigenvalue weighted by molar-refractivity contribution is -0.115. The van der Waals surface area contributed by atoms with E-state index in [1.165, 1.54) is 6.08 Å². The van der Waals surface area contributed by atoms with E-state index in [1.807, 2.05) is 0 Å². The van der Waals surface area contributed by atoms with E-state index in [1.54, 1.807) is 0 Å². The predicted octanol–water partition coefficient (Wildman–Crippen LogP) is -0.759. The van der Waals surface area contributed by atoms with E-state index in [0.29, 0.717) is 18.4 Å². The number of aldehydes is 1. The summed E-state index contributed by atoms with van der Waals surface area (Å²) >= 11 is 0. The van der Waals surface area contributed by atoms with E-state index >= 15 is 0 Å². The van der Waals surface area contributed by atoms with Gasteiger partial charge in [0.1, 0.15) is 6.29 Å². The van der Waals surface area contributed by atoms with Crippen molar-refractivity contribution >= 4 is 12.2 Å². The third-order valence-corrected chi connectivity index (χ3v) is 0.935. The highest BCUT2D eigenvalue weighted by Gasteiger charge is 2.07. The average molecular weight is 111 g/mol. The maximum atomic E-state index is 10.3. The Morgan fingerprint density at radius 2 is 2.50 bits per heavy atom. The fourth-order valence-electron chi connectivity index (χ4n) is 0.535. The van der Waals surface area contributed by atoms with Gasteiger partial charge in [0, 0.05) is 18.2 Å². The molecule has 1 rings (SSSR count). The van der Waals surface area contributed by atoms with Crippen LogP contribution in [0.5, 0.6) is 0 Å². The third kappa shape index (κ3) is 0.753. The van der Waals surface area contributed by atoms with Crippen LogP contribution in [0, 0.1) is 0 Å². The molecule has 0 saturated carbocycles. The monoisotopic (exact) mass is 111 g/mol. The van der Waals surface area contributed by atoms with Gasteiger partial charge in [-0.15, -0.1) is 0 Å². The van der Waals surface area contributed by atoms with Crippen LogP contribution in [0.1, 0.15) is 0 Å². The number of nitrogens with one attached hydrogen (secondary N) is 1. The quantitative estimate of drug-likeness (QED) is 0.452. The molecule has 3 heteroatoms. The maximum absolute atomic E-state index is 10.3. The van der Waals surface area contributed by atoms with Crippen LogP contribution in [-0.4, -0.2) is 18.7 Å². The number of hydrogen-bond acceptors (Lipinski definition) is 2. The normalized spacial score (nSPS) is 17.5. The molecule has 42 valence electrons.